The van der Waals surface area contributed by atoms with Gasteiger partial charge in [0.15, 0.2) is 23.3 Å². The molecule has 0 fully saturated rings. The summed E-state index contributed by atoms with van der Waals surface area (Å²) in [4.78, 5) is 34.1. The Hall–Kier alpha value is -5.13. The lowest BCUT2D eigenvalue weighted by atomic mass is 10.3. The van der Waals surface area contributed by atoms with Gasteiger partial charge in [0, 0.05) is 59.3 Å². The van der Waals surface area contributed by atoms with Crippen LogP contribution in [0.5, 0.6) is 17.2 Å². The van der Waals surface area contributed by atoms with Gasteiger partial charge in [0.2, 0.25) is 0 Å². The molecule has 0 amide bonds. The molecule has 6 nitrogen and oxygen atoms in total. The number of hydrogen-bond donors (Lipinski definition) is 0. The quantitative estimate of drug-likeness (QED) is 0.126. The SMILES string of the molecule is [2H]C([2H])([2H])C(=C)C(=O)Oc1ccc(F)c(F)c1.[2H]c1c(F)c([2H])c(OC(=O)C(=C)C([2H])([2H])[2H])c([2H])c1F.[2H]c1c([2H])c(OC(=O)C(=C)C([2H])([2H])[2H])c([2H])c(F)c1F. The lowest BCUT2D eigenvalue weighted by Crippen LogP contribution is -2.08. The van der Waals surface area contributed by atoms with Gasteiger partial charge >= 0.3 is 17.9 Å². The highest BCUT2D eigenvalue weighted by atomic mass is 19.2. The van der Waals surface area contributed by atoms with Crippen LogP contribution in [0.15, 0.2) is 90.9 Å². The second kappa shape index (κ2) is 16.2. The molecule has 0 aromatic heterocycles. The first-order valence-electron chi connectivity index (χ1n) is 17.8. The van der Waals surface area contributed by atoms with Gasteiger partial charge in [-0.25, -0.2) is 40.7 Å². The number of benzene rings is 3. The Labute approximate surface area is 258 Å². The molecule has 0 radical (unpaired) electrons. The zero-order chi connectivity index (χ0) is 44.9. The van der Waals surface area contributed by atoms with Crippen LogP contribution in [0.25, 0.3) is 0 Å². The average molecular weight is 610 g/mol. The van der Waals surface area contributed by atoms with Crippen molar-refractivity contribution in [3.8, 4) is 17.2 Å². The maximum Gasteiger partial charge on any atom is 0.338 e. The van der Waals surface area contributed by atoms with E-state index in [-0.39, 0.29) is 5.75 Å². The van der Waals surface area contributed by atoms with Crippen LogP contribution in [0.3, 0.4) is 0 Å². The molecule has 0 saturated heterocycles. The van der Waals surface area contributed by atoms with Crippen LogP contribution in [0.4, 0.5) is 26.3 Å². The molecule has 0 aliphatic carbocycles. The van der Waals surface area contributed by atoms with Crippen LogP contribution in [0, 0.1) is 34.9 Å². The Balaban J connectivity index is 0.000000429. The van der Waals surface area contributed by atoms with Crippen molar-refractivity contribution in [1.29, 1.82) is 0 Å². The number of carbonyl (C=O) groups excluding carboxylic acids is 3. The van der Waals surface area contributed by atoms with Crippen molar-refractivity contribution in [2.45, 2.75) is 20.6 Å². The number of rotatable bonds is 6. The number of ether oxygens (including phenoxy) is 3. The summed E-state index contributed by atoms with van der Waals surface area (Å²) in [5.74, 6) is -15.7. The molecular formula is C30H24F6O6. The number of carbonyl (C=O) groups is 3. The van der Waals surface area contributed by atoms with E-state index in [1.54, 1.807) is 0 Å². The minimum absolute atomic E-state index is 0.292. The lowest BCUT2D eigenvalue weighted by molar-refractivity contribution is -0.131. The van der Waals surface area contributed by atoms with E-state index in [0.717, 1.165) is 12.1 Å². The molecular weight excluding hydrogens is 570 g/mol. The fourth-order valence-corrected chi connectivity index (χ4v) is 1.86. The Morgan fingerprint density at radius 1 is 0.595 bits per heavy atom. The van der Waals surface area contributed by atoms with Crippen molar-refractivity contribution in [3.63, 3.8) is 0 Å². The summed E-state index contributed by atoms with van der Waals surface area (Å²) >= 11 is 0. The van der Waals surface area contributed by atoms with E-state index in [2.05, 4.69) is 33.9 Å². The van der Waals surface area contributed by atoms with Gasteiger partial charge in [-0.05, 0) is 44.8 Å². The summed E-state index contributed by atoms with van der Waals surface area (Å²) in [7, 11) is 0. The van der Waals surface area contributed by atoms with Crippen LogP contribution in [-0.4, -0.2) is 17.9 Å². The number of hydrogen-bond acceptors (Lipinski definition) is 6. The van der Waals surface area contributed by atoms with Gasteiger partial charge in [0.05, 0.1) is 8.22 Å². The van der Waals surface area contributed by atoms with E-state index >= 15 is 0 Å². The van der Waals surface area contributed by atoms with Crippen molar-refractivity contribution in [2.75, 3.05) is 0 Å². The molecule has 222 valence electrons. The molecule has 12 heteroatoms. The summed E-state index contributed by atoms with van der Waals surface area (Å²) in [6, 6.07) is -4.79. The summed E-state index contributed by atoms with van der Waals surface area (Å²) in [5, 5.41) is 0. The van der Waals surface area contributed by atoms with Crippen LogP contribution in [0.2, 0.25) is 0 Å². The fourth-order valence-electron chi connectivity index (χ4n) is 1.86. The third-order valence-electron chi connectivity index (χ3n) is 3.60. The molecule has 0 spiro atoms. The van der Waals surface area contributed by atoms with E-state index in [9.17, 15) is 40.7 Å². The highest BCUT2D eigenvalue weighted by molar-refractivity contribution is 5.89. The van der Waals surface area contributed by atoms with Crippen LogP contribution in [-0.2, 0) is 14.4 Å². The van der Waals surface area contributed by atoms with Crippen molar-refractivity contribution in [2.24, 2.45) is 0 Å². The van der Waals surface area contributed by atoms with Crippen molar-refractivity contribution < 1.29 is 75.5 Å². The third-order valence-corrected chi connectivity index (χ3v) is 3.60. The standard InChI is InChI=1S/3C10H8F2O2/c1-6(2)10(13)14-9-4-7(11)3-8(12)5-9;2*1-6(2)10(13)14-7-3-4-8(11)9(12)5-7/h3*3-5H,1H2,2H3/i2*2D3,3D,4D,5D;2D3. The van der Waals surface area contributed by atoms with Crippen LogP contribution < -0.4 is 14.2 Å². The highest BCUT2D eigenvalue weighted by Gasteiger charge is 2.10. The fraction of sp³-hybridized carbons (Fsp3) is 0.100. The monoisotopic (exact) mass is 609 g/mol. The summed E-state index contributed by atoms with van der Waals surface area (Å²) in [5.41, 5.74) is -2.65. The van der Waals surface area contributed by atoms with E-state index in [1.807, 2.05) is 0 Å². The van der Waals surface area contributed by atoms with Gasteiger partial charge in [0.25, 0.3) is 0 Å². The van der Waals surface area contributed by atoms with E-state index in [1.165, 1.54) is 0 Å². The topological polar surface area (TPSA) is 78.9 Å². The Kier molecular flexibility index (Phi) is 6.81. The van der Waals surface area contributed by atoms with Gasteiger partial charge in [-0.1, -0.05) is 19.7 Å². The first-order chi connectivity index (χ1) is 25.7. The second-order valence-corrected chi connectivity index (χ2v) is 6.84. The second-order valence-electron chi connectivity index (χ2n) is 6.84. The van der Waals surface area contributed by atoms with Gasteiger partial charge in [-0.15, -0.1) is 0 Å². The smallest absolute Gasteiger partial charge is 0.338 e. The zero-order valence-electron chi connectivity index (χ0n) is 35.6. The van der Waals surface area contributed by atoms with E-state index in [4.69, 9.17) is 20.6 Å². The minimum atomic E-state index is -2.88. The van der Waals surface area contributed by atoms with Gasteiger partial charge in [-0.2, -0.15) is 0 Å². The van der Waals surface area contributed by atoms with E-state index < -0.39 is 138 Å². The largest absolute Gasteiger partial charge is 0.423 e. The summed E-state index contributed by atoms with van der Waals surface area (Å²) in [6.45, 7) is 0.549. The molecule has 3 aromatic carbocycles. The van der Waals surface area contributed by atoms with Crippen molar-refractivity contribution >= 4 is 17.9 Å². The van der Waals surface area contributed by atoms with E-state index in [0.29, 0.717) is 6.07 Å². The molecule has 0 heterocycles. The third kappa shape index (κ3) is 12.4. The molecule has 0 saturated carbocycles. The highest BCUT2D eigenvalue weighted by Crippen LogP contribution is 2.18. The molecule has 0 N–H and O–H groups in total. The number of esters is 3. The Bertz CT molecular complexity index is 1970. The Morgan fingerprint density at radius 3 is 1.55 bits per heavy atom. The van der Waals surface area contributed by atoms with Crippen LogP contribution in [0.1, 0.15) is 41.1 Å². The predicted octanol–water partition coefficient (Wildman–Crippen LogP) is 7.34. The Morgan fingerprint density at radius 2 is 1.07 bits per heavy atom. The molecule has 3 aromatic rings. The summed E-state index contributed by atoms with van der Waals surface area (Å²) in [6.07, 6.45) is 0. The molecule has 0 unspecified atom stereocenters. The first kappa shape index (κ1) is 17.6. The van der Waals surface area contributed by atoms with Gasteiger partial charge < -0.3 is 14.2 Å². The molecule has 0 aliphatic rings. The maximum absolute atomic E-state index is 13.3. The first-order valence-corrected chi connectivity index (χ1v) is 10.3. The zero-order valence-corrected chi connectivity index (χ0v) is 20.6. The lowest BCUT2D eigenvalue weighted by Gasteiger charge is -2.03. The normalized spacial score (nSPS) is 15.7. The molecule has 0 aliphatic heterocycles. The molecule has 0 atom stereocenters. The van der Waals surface area contributed by atoms with Crippen molar-refractivity contribution in [3.05, 3.63) is 126 Å². The minimum Gasteiger partial charge on any atom is -0.423 e. The molecule has 3 rings (SSSR count). The average Bonchev–Trinajstić information content (AvgIpc) is 3.11. The maximum atomic E-state index is 13.3. The predicted molar refractivity (Wildman–Crippen MR) is 140 cm³/mol. The van der Waals surface area contributed by atoms with Gasteiger partial charge in [0.1, 0.15) is 28.9 Å². The summed E-state index contributed by atoms with van der Waals surface area (Å²) < 4.78 is 197. The molecule has 0 bridgehead atoms. The van der Waals surface area contributed by atoms with Gasteiger partial charge in [-0.3, -0.25) is 0 Å². The number of halogens is 6. The van der Waals surface area contributed by atoms with Crippen LogP contribution >= 0.6 is 0 Å². The molecule has 42 heavy (non-hydrogen) atoms. The van der Waals surface area contributed by atoms with Crippen molar-refractivity contribution in [1.82, 2.24) is 0 Å².